The molecule has 0 aliphatic heterocycles. The minimum Gasteiger partial charge on any atom is -0.506 e. The number of hydrogen-bond donors (Lipinski definition) is 1. The van der Waals surface area contributed by atoms with Crippen molar-refractivity contribution in [3.8, 4) is 0 Å². The molecule has 6 heteroatoms. The zero-order valence-electron chi connectivity index (χ0n) is 12.2. The largest absolute Gasteiger partial charge is 0.506 e. The van der Waals surface area contributed by atoms with E-state index < -0.39 is 4.92 Å². The van der Waals surface area contributed by atoms with Crippen LogP contribution in [-0.4, -0.2) is 21.5 Å². The van der Waals surface area contributed by atoms with Gasteiger partial charge in [-0.05, 0) is 13.0 Å². The second-order valence-electron chi connectivity index (χ2n) is 5.07. The van der Waals surface area contributed by atoms with Crippen LogP contribution in [0.25, 0.3) is 5.76 Å². The maximum absolute atomic E-state index is 12.4. The molecule has 0 bridgehead atoms. The summed E-state index contributed by atoms with van der Waals surface area (Å²) in [4.78, 5) is 26.9. The van der Waals surface area contributed by atoms with Crippen LogP contribution in [0.2, 0.25) is 0 Å². The van der Waals surface area contributed by atoms with Crippen LogP contribution in [0, 0.1) is 10.1 Å². The highest BCUT2D eigenvalue weighted by atomic mass is 16.6. The van der Waals surface area contributed by atoms with Gasteiger partial charge < -0.3 is 5.11 Å². The lowest BCUT2D eigenvalue weighted by Gasteiger charge is -2.02. The molecule has 1 aliphatic rings. The molecule has 1 aliphatic carbocycles. The van der Waals surface area contributed by atoms with E-state index >= 15 is 0 Å². The van der Waals surface area contributed by atoms with E-state index in [4.69, 9.17) is 0 Å². The van der Waals surface area contributed by atoms with Crippen molar-refractivity contribution in [3.63, 3.8) is 0 Å². The Labute approximate surface area is 131 Å². The number of aliphatic hydroxyl groups excluding tert-OH is 1. The maximum Gasteiger partial charge on any atom is 0.271 e. The lowest BCUT2D eigenvalue weighted by Crippen LogP contribution is -2.07. The summed E-state index contributed by atoms with van der Waals surface area (Å²) in [6.07, 6.45) is 0. The van der Waals surface area contributed by atoms with Gasteiger partial charge >= 0.3 is 0 Å². The van der Waals surface area contributed by atoms with Crippen LogP contribution in [-0.2, 0) is 0 Å². The van der Waals surface area contributed by atoms with Crippen LogP contribution in [0.5, 0.6) is 0 Å². The maximum atomic E-state index is 12.4. The van der Waals surface area contributed by atoms with Gasteiger partial charge in [-0.1, -0.05) is 30.3 Å². The Morgan fingerprint density at radius 1 is 1.13 bits per heavy atom. The number of fused-ring (bicyclic) bond motifs is 1. The molecule has 1 N–H and O–H groups in total. The van der Waals surface area contributed by atoms with E-state index in [1.54, 1.807) is 37.3 Å². The van der Waals surface area contributed by atoms with Crippen LogP contribution in [0.1, 0.15) is 22.8 Å². The number of rotatable bonds is 3. The summed E-state index contributed by atoms with van der Waals surface area (Å²) in [7, 11) is 0. The molecule has 2 aromatic carbocycles. The first-order valence-corrected chi connectivity index (χ1v) is 6.86. The number of Topliss-reactive ketones (excluding diaryl/α,β-unsaturated/α-hetero) is 1. The number of carbonyl (C=O) groups excluding carboxylic acids is 1. The Morgan fingerprint density at radius 2 is 1.83 bits per heavy atom. The molecule has 0 amide bonds. The molecule has 0 atom stereocenters. The third kappa shape index (κ3) is 2.50. The lowest BCUT2D eigenvalue weighted by atomic mass is 10.1. The number of ketones is 1. The van der Waals surface area contributed by atoms with E-state index in [0.29, 0.717) is 22.5 Å². The summed E-state index contributed by atoms with van der Waals surface area (Å²) < 4.78 is 0. The van der Waals surface area contributed by atoms with Crippen LogP contribution in [0.4, 0.5) is 11.4 Å². The molecule has 0 unspecified atom stereocenters. The van der Waals surface area contributed by atoms with Crippen LogP contribution >= 0.6 is 0 Å². The fourth-order valence-corrected chi connectivity index (χ4v) is 2.53. The summed E-state index contributed by atoms with van der Waals surface area (Å²) in [6.45, 7) is 1.59. The SMILES string of the molecule is CC(=Nc1cccc([N+](=O)[O-])c1)C1=C(O)c2ccccc2C1=O. The fraction of sp³-hybridized carbons (Fsp3) is 0.0588. The van der Waals surface area contributed by atoms with Gasteiger partial charge in [0.15, 0.2) is 5.78 Å². The molecular formula is C17H12N2O4. The Morgan fingerprint density at radius 3 is 2.48 bits per heavy atom. The number of carbonyl (C=O) groups is 1. The highest BCUT2D eigenvalue weighted by molar-refractivity contribution is 6.35. The van der Waals surface area contributed by atoms with Crippen molar-refractivity contribution in [2.24, 2.45) is 4.99 Å². The second-order valence-corrected chi connectivity index (χ2v) is 5.07. The van der Waals surface area contributed by atoms with Crippen molar-refractivity contribution in [2.75, 3.05) is 0 Å². The molecule has 0 heterocycles. The lowest BCUT2D eigenvalue weighted by molar-refractivity contribution is -0.384. The Kier molecular flexibility index (Phi) is 3.50. The number of benzene rings is 2. The smallest absolute Gasteiger partial charge is 0.271 e. The Hall–Kier alpha value is -3.28. The molecule has 0 fully saturated rings. The highest BCUT2D eigenvalue weighted by Gasteiger charge is 2.30. The quantitative estimate of drug-likeness (QED) is 0.529. The van der Waals surface area contributed by atoms with Gasteiger partial charge in [0.25, 0.3) is 5.69 Å². The Balaban J connectivity index is 2.03. The Bertz CT molecular complexity index is 897. The summed E-state index contributed by atoms with van der Waals surface area (Å²) in [5.41, 5.74) is 1.59. The summed E-state index contributed by atoms with van der Waals surface area (Å²) in [5, 5.41) is 21.1. The van der Waals surface area contributed by atoms with E-state index in [1.807, 2.05) is 0 Å². The molecule has 0 saturated carbocycles. The van der Waals surface area contributed by atoms with Crippen molar-refractivity contribution in [1.29, 1.82) is 0 Å². The first-order valence-electron chi connectivity index (χ1n) is 6.86. The van der Waals surface area contributed by atoms with E-state index in [0.717, 1.165) is 0 Å². The first-order chi connectivity index (χ1) is 11.0. The minimum absolute atomic E-state index is 0.0849. The highest BCUT2D eigenvalue weighted by Crippen LogP contribution is 2.32. The van der Waals surface area contributed by atoms with Crippen molar-refractivity contribution in [3.05, 3.63) is 75.3 Å². The second kappa shape index (κ2) is 5.49. The summed E-state index contributed by atoms with van der Waals surface area (Å²) in [5.74, 6) is -0.415. The van der Waals surface area contributed by atoms with Crippen molar-refractivity contribution >= 4 is 28.6 Å². The summed E-state index contributed by atoms with van der Waals surface area (Å²) >= 11 is 0. The summed E-state index contributed by atoms with van der Waals surface area (Å²) in [6, 6.07) is 12.6. The topological polar surface area (TPSA) is 92.8 Å². The third-order valence-electron chi connectivity index (χ3n) is 3.59. The normalized spacial score (nSPS) is 14.1. The van der Waals surface area contributed by atoms with Gasteiger partial charge in [0.05, 0.1) is 21.9 Å². The molecule has 114 valence electrons. The number of nitro groups is 1. The van der Waals surface area contributed by atoms with Crippen molar-refractivity contribution < 1.29 is 14.8 Å². The first kappa shape index (κ1) is 14.6. The number of aliphatic imine (C=N–C) groups is 1. The van der Waals surface area contributed by atoms with E-state index in [9.17, 15) is 20.0 Å². The van der Waals surface area contributed by atoms with Crippen LogP contribution < -0.4 is 0 Å². The zero-order valence-corrected chi connectivity index (χ0v) is 12.2. The molecule has 6 nitrogen and oxygen atoms in total. The van der Waals surface area contributed by atoms with Crippen molar-refractivity contribution in [2.45, 2.75) is 6.92 Å². The monoisotopic (exact) mass is 308 g/mol. The number of non-ortho nitro benzene ring substituents is 1. The molecule has 23 heavy (non-hydrogen) atoms. The number of allylic oxidation sites excluding steroid dienone is 1. The van der Waals surface area contributed by atoms with Gasteiger partial charge in [-0.15, -0.1) is 0 Å². The molecule has 0 saturated heterocycles. The molecule has 3 rings (SSSR count). The van der Waals surface area contributed by atoms with E-state index in [1.165, 1.54) is 18.2 Å². The number of nitro benzene ring substituents is 1. The fourth-order valence-electron chi connectivity index (χ4n) is 2.53. The van der Waals surface area contributed by atoms with Crippen LogP contribution in [0.15, 0.2) is 59.1 Å². The van der Waals surface area contributed by atoms with Gasteiger partial charge in [-0.3, -0.25) is 19.9 Å². The zero-order chi connectivity index (χ0) is 16.6. The number of aliphatic hydroxyl groups is 1. The average molecular weight is 308 g/mol. The number of nitrogens with zero attached hydrogens (tertiary/aromatic N) is 2. The van der Waals surface area contributed by atoms with Crippen molar-refractivity contribution in [1.82, 2.24) is 0 Å². The van der Waals surface area contributed by atoms with E-state index in [-0.39, 0.29) is 22.8 Å². The molecule has 0 spiro atoms. The van der Waals surface area contributed by atoms with Crippen LogP contribution in [0.3, 0.4) is 0 Å². The van der Waals surface area contributed by atoms with Gasteiger partial charge in [0.2, 0.25) is 0 Å². The molecule has 2 aromatic rings. The molecule has 0 aromatic heterocycles. The van der Waals surface area contributed by atoms with E-state index in [2.05, 4.69) is 4.99 Å². The minimum atomic E-state index is -0.512. The average Bonchev–Trinajstić information content (AvgIpc) is 2.79. The predicted octanol–water partition coefficient (Wildman–Crippen LogP) is 3.85. The van der Waals surface area contributed by atoms with Gasteiger partial charge in [0.1, 0.15) is 5.76 Å². The van der Waals surface area contributed by atoms with Gasteiger partial charge in [-0.25, -0.2) is 0 Å². The van der Waals surface area contributed by atoms with Gasteiger partial charge in [-0.2, -0.15) is 0 Å². The standard InChI is InChI=1S/C17H12N2O4/c1-10(18-11-5-4-6-12(9-11)19(22)23)15-16(20)13-7-2-3-8-14(13)17(15)21/h2-9,20H,1H3. The number of hydrogen-bond acceptors (Lipinski definition) is 5. The third-order valence-corrected chi connectivity index (χ3v) is 3.59. The predicted molar refractivity (Wildman–Crippen MR) is 86.2 cm³/mol. The molecule has 0 radical (unpaired) electrons. The van der Waals surface area contributed by atoms with Gasteiger partial charge in [0, 0.05) is 23.3 Å². The molecular weight excluding hydrogens is 296 g/mol.